The summed E-state index contributed by atoms with van der Waals surface area (Å²) >= 11 is 0. The number of rotatable bonds is 11. The number of aromatic amines is 2. The number of H-pyrrole nitrogens is 2. The molecule has 4 N–H and O–H groups in total. The van der Waals surface area contributed by atoms with E-state index in [1.54, 1.807) is 0 Å². The van der Waals surface area contributed by atoms with Crippen molar-refractivity contribution in [3.8, 4) is 33.5 Å². The molecule has 14 nitrogen and oxygen atoms in total. The molecule has 8 atom stereocenters. The fourth-order valence-electron chi connectivity index (χ4n) is 11.2. The zero-order valence-corrected chi connectivity index (χ0v) is 38.7. The fraction of sp³-hybridized carbons (Fsp3) is 0.490. The molecule has 342 valence electrons. The molecule has 8 unspecified atom stereocenters. The van der Waals surface area contributed by atoms with E-state index >= 15 is 0 Å². The number of nitrogens with zero attached hydrogens (tertiary/aromatic N) is 4. The molecule has 3 fully saturated rings. The van der Waals surface area contributed by atoms with E-state index in [1.807, 2.05) is 43.7 Å². The molecule has 2 aliphatic carbocycles. The number of hydrogen-bond acceptors (Lipinski definition) is 8. The van der Waals surface area contributed by atoms with Crippen molar-refractivity contribution in [3.63, 3.8) is 0 Å². The fourth-order valence-corrected chi connectivity index (χ4v) is 11.2. The summed E-state index contributed by atoms with van der Waals surface area (Å²) < 4.78 is 9.66. The van der Waals surface area contributed by atoms with E-state index in [0.29, 0.717) is 24.9 Å². The summed E-state index contributed by atoms with van der Waals surface area (Å²) in [5, 5.41) is 5.49. The maximum atomic E-state index is 13.9. The number of methoxy groups -OCH3 is 2. The Morgan fingerprint density at radius 3 is 1.71 bits per heavy atom. The zero-order chi connectivity index (χ0) is 45.8. The second-order valence-corrected chi connectivity index (χ2v) is 19.7. The average molecular weight is 883 g/mol. The Morgan fingerprint density at radius 1 is 0.662 bits per heavy atom. The molecule has 0 spiro atoms. The van der Waals surface area contributed by atoms with E-state index in [-0.39, 0.29) is 47.6 Å². The second-order valence-electron chi connectivity index (χ2n) is 19.7. The van der Waals surface area contributed by atoms with Crippen LogP contribution in [0.15, 0.2) is 60.8 Å². The van der Waals surface area contributed by atoms with Gasteiger partial charge in [0.25, 0.3) is 0 Å². The maximum absolute atomic E-state index is 13.9. The summed E-state index contributed by atoms with van der Waals surface area (Å²) in [7, 11) is 2.61. The molecule has 2 bridgehead atoms. The summed E-state index contributed by atoms with van der Waals surface area (Å²) in [5.41, 5.74) is 11.5. The number of fused-ring (bicyclic) bond motifs is 6. The van der Waals surface area contributed by atoms with Crippen molar-refractivity contribution in [2.24, 2.45) is 23.7 Å². The largest absolute Gasteiger partial charge is 0.453 e. The standard InChI is InChI=1S/C51H62N8O6/c1-26(2)44(56-50(62)64-7)48(60)58-24-28(5)19-40(58)46-52-23-39(55-46)31-11-9-30(10-12-31)35-16-17-36(43-34-14-13-33(21-34)42(35)43)32-15-18-37-38(22-32)54-47(53-37)41-20-29(6)25-59(41)49(61)45(27(3)4)57-51(63)65-8/h9-12,15-18,22-23,26-29,33-34,40-41,44-45H,13-14,19-21,24-25H2,1-8H3,(H,52,55)(H,53,54)(H,56,62)(H,57,63). The van der Waals surface area contributed by atoms with Gasteiger partial charge >= 0.3 is 12.2 Å². The van der Waals surface area contributed by atoms with E-state index in [1.165, 1.54) is 61.3 Å². The molecule has 5 aromatic rings. The first-order chi connectivity index (χ1) is 31.2. The minimum Gasteiger partial charge on any atom is -0.453 e. The van der Waals surface area contributed by atoms with Gasteiger partial charge in [0.15, 0.2) is 0 Å². The quantitative estimate of drug-likeness (QED) is 0.102. The van der Waals surface area contributed by atoms with E-state index in [2.05, 4.69) is 89.0 Å². The Kier molecular flexibility index (Phi) is 12.0. The van der Waals surface area contributed by atoms with Crippen LogP contribution < -0.4 is 10.6 Å². The van der Waals surface area contributed by atoms with Gasteiger partial charge in [0.2, 0.25) is 11.8 Å². The van der Waals surface area contributed by atoms with Gasteiger partial charge in [0.05, 0.1) is 49.2 Å². The van der Waals surface area contributed by atoms with E-state index in [4.69, 9.17) is 19.4 Å². The molecule has 4 aliphatic rings. The molecule has 14 heteroatoms. The monoisotopic (exact) mass is 882 g/mol. The summed E-state index contributed by atoms with van der Waals surface area (Å²) in [6.45, 7) is 13.2. The van der Waals surface area contributed by atoms with Crippen LogP contribution in [-0.2, 0) is 19.1 Å². The normalized spacial score (nSPS) is 23.3. The van der Waals surface area contributed by atoms with Crippen molar-refractivity contribution in [1.82, 2.24) is 40.4 Å². The minimum atomic E-state index is -0.699. The highest BCUT2D eigenvalue weighted by Crippen LogP contribution is 2.58. The molecule has 3 aromatic carbocycles. The summed E-state index contributed by atoms with van der Waals surface area (Å²) in [4.78, 5) is 72.7. The number of aromatic nitrogens is 4. The summed E-state index contributed by atoms with van der Waals surface area (Å²) in [6.07, 6.45) is 5.74. The third-order valence-electron chi connectivity index (χ3n) is 14.5. The molecule has 1 saturated carbocycles. The molecular weight excluding hydrogens is 821 g/mol. The molecule has 2 saturated heterocycles. The molecule has 2 aromatic heterocycles. The predicted molar refractivity (Wildman–Crippen MR) is 249 cm³/mol. The van der Waals surface area contributed by atoms with Gasteiger partial charge in [0.1, 0.15) is 23.7 Å². The molecule has 9 rings (SSSR count). The molecule has 0 radical (unpaired) electrons. The number of amides is 4. The van der Waals surface area contributed by atoms with Crippen LogP contribution in [0.25, 0.3) is 44.5 Å². The van der Waals surface area contributed by atoms with E-state index < -0.39 is 24.3 Å². The summed E-state index contributed by atoms with van der Waals surface area (Å²) in [5.74, 6) is 2.63. The minimum absolute atomic E-state index is 0.112. The molecule has 65 heavy (non-hydrogen) atoms. The van der Waals surface area contributed by atoms with Crippen LogP contribution in [0.5, 0.6) is 0 Å². The lowest BCUT2D eigenvalue weighted by Crippen LogP contribution is -2.51. The Labute approximate surface area is 380 Å². The third kappa shape index (κ3) is 8.25. The molecule has 2 aliphatic heterocycles. The number of carbonyl (C=O) groups excluding carboxylic acids is 4. The highest BCUT2D eigenvalue weighted by molar-refractivity contribution is 5.89. The zero-order valence-electron chi connectivity index (χ0n) is 38.7. The van der Waals surface area contributed by atoms with Crippen LogP contribution >= 0.6 is 0 Å². The van der Waals surface area contributed by atoms with Crippen molar-refractivity contribution in [1.29, 1.82) is 0 Å². The van der Waals surface area contributed by atoms with Crippen LogP contribution in [0.1, 0.15) is 120 Å². The number of hydrogen-bond donors (Lipinski definition) is 4. The van der Waals surface area contributed by atoms with Gasteiger partial charge in [-0.3, -0.25) is 9.59 Å². The van der Waals surface area contributed by atoms with Gasteiger partial charge in [-0.15, -0.1) is 0 Å². The Bertz CT molecular complexity index is 2620. The van der Waals surface area contributed by atoms with Crippen LogP contribution in [-0.4, -0.2) is 93.1 Å². The number of imidazole rings is 2. The highest BCUT2D eigenvalue weighted by atomic mass is 16.5. The predicted octanol–water partition coefficient (Wildman–Crippen LogP) is 9.23. The van der Waals surface area contributed by atoms with Gasteiger partial charge in [-0.1, -0.05) is 84.0 Å². The number of nitrogens with one attached hydrogen (secondary N) is 4. The molecular formula is C51H62N8O6. The van der Waals surface area contributed by atoms with E-state index in [9.17, 15) is 19.2 Å². The first-order valence-corrected chi connectivity index (χ1v) is 23.3. The number of carbonyl (C=O) groups is 4. The molecule has 4 amide bonds. The first kappa shape index (κ1) is 44.0. The number of alkyl carbamates (subject to hydrolysis) is 2. The van der Waals surface area contributed by atoms with Gasteiger partial charge in [-0.05, 0) is 119 Å². The number of benzene rings is 3. The van der Waals surface area contributed by atoms with Crippen molar-refractivity contribution in [2.45, 2.75) is 110 Å². The van der Waals surface area contributed by atoms with Gasteiger partial charge in [-0.25, -0.2) is 19.6 Å². The van der Waals surface area contributed by atoms with Crippen molar-refractivity contribution < 1.29 is 28.7 Å². The van der Waals surface area contributed by atoms with Crippen LogP contribution in [0.2, 0.25) is 0 Å². The third-order valence-corrected chi connectivity index (χ3v) is 14.5. The van der Waals surface area contributed by atoms with Crippen molar-refractivity contribution in [2.75, 3.05) is 27.3 Å². The lowest BCUT2D eigenvalue weighted by atomic mass is 9.81. The van der Waals surface area contributed by atoms with Crippen LogP contribution in [0, 0.1) is 23.7 Å². The SMILES string of the molecule is COC(=O)NC(C(=O)N1CC(C)CC1c1ncc(-c2ccc(-c3ccc(-c4ccc5nc(C6CC(C)CN6C(=O)C(NC(=O)OC)C(C)C)[nH]c5c4)c4c3C3CCC4C3)cc2)[nH]1)C(C)C. The van der Waals surface area contributed by atoms with Crippen molar-refractivity contribution >= 4 is 35.0 Å². The molecule has 4 heterocycles. The lowest BCUT2D eigenvalue weighted by molar-refractivity contribution is -0.136. The topological polar surface area (TPSA) is 175 Å². The Hall–Kier alpha value is -6.18. The van der Waals surface area contributed by atoms with Gasteiger partial charge < -0.3 is 39.9 Å². The Morgan fingerprint density at radius 2 is 1.17 bits per heavy atom. The lowest BCUT2D eigenvalue weighted by Gasteiger charge is -2.30. The van der Waals surface area contributed by atoms with Crippen molar-refractivity contribution in [3.05, 3.63) is 83.6 Å². The van der Waals surface area contributed by atoms with Gasteiger partial charge in [-0.2, -0.15) is 0 Å². The highest BCUT2D eigenvalue weighted by Gasteiger charge is 2.43. The van der Waals surface area contributed by atoms with Crippen LogP contribution in [0.3, 0.4) is 0 Å². The van der Waals surface area contributed by atoms with Gasteiger partial charge in [0, 0.05) is 13.1 Å². The average Bonchev–Trinajstić information content (AvgIpc) is 4.17. The number of likely N-dealkylation sites (tertiary alicyclic amines) is 2. The smallest absolute Gasteiger partial charge is 0.407 e. The Balaban J connectivity index is 0.959. The second kappa shape index (κ2) is 17.7. The number of ether oxygens (including phenoxy) is 2. The first-order valence-electron chi connectivity index (χ1n) is 23.3. The maximum Gasteiger partial charge on any atom is 0.407 e. The van der Waals surface area contributed by atoms with Crippen LogP contribution in [0.4, 0.5) is 9.59 Å². The van der Waals surface area contributed by atoms with E-state index in [0.717, 1.165) is 52.3 Å². The summed E-state index contributed by atoms with van der Waals surface area (Å²) in [6, 6.07) is 17.9.